The van der Waals surface area contributed by atoms with Crippen molar-refractivity contribution in [2.24, 2.45) is 0 Å². The summed E-state index contributed by atoms with van der Waals surface area (Å²) in [6.07, 6.45) is 2.40. The molecule has 0 aromatic heterocycles. The molecule has 1 aliphatic rings. The second-order valence-corrected chi connectivity index (χ2v) is 11.1. The lowest BCUT2D eigenvalue weighted by Crippen LogP contribution is -2.19. The predicted molar refractivity (Wildman–Crippen MR) is 111 cm³/mol. The Kier molecular flexibility index (Phi) is 4.67. The zero-order valence-electron chi connectivity index (χ0n) is 16.5. The molecular formula is C23H29OSi. The molecule has 2 aromatic rings. The van der Waals surface area contributed by atoms with E-state index in [0.717, 1.165) is 5.75 Å². The summed E-state index contributed by atoms with van der Waals surface area (Å²) in [6.45, 7) is 14.0. The van der Waals surface area contributed by atoms with Gasteiger partial charge in [0, 0.05) is 11.1 Å². The summed E-state index contributed by atoms with van der Waals surface area (Å²) >= 11 is 0. The van der Waals surface area contributed by atoms with Gasteiger partial charge in [-0.15, -0.1) is 0 Å². The lowest BCUT2D eigenvalue weighted by Gasteiger charge is -2.28. The van der Waals surface area contributed by atoms with E-state index in [1.54, 1.807) is 7.11 Å². The third-order valence-electron chi connectivity index (χ3n) is 5.14. The highest BCUT2D eigenvalue weighted by Crippen LogP contribution is 2.49. The van der Waals surface area contributed by atoms with E-state index >= 15 is 0 Å². The molecule has 0 amide bonds. The molecule has 0 aliphatic heterocycles. The van der Waals surface area contributed by atoms with Gasteiger partial charge in [0.15, 0.2) is 0 Å². The number of hydrogen-bond acceptors (Lipinski definition) is 1. The Bertz CT molecular complexity index is 810. The smallest absolute Gasteiger partial charge is 0.131 e. The van der Waals surface area contributed by atoms with Gasteiger partial charge in [-0.1, -0.05) is 81.9 Å². The quantitative estimate of drug-likeness (QED) is 0.578. The summed E-state index contributed by atoms with van der Waals surface area (Å²) in [5.41, 5.74) is 8.81. The first-order valence-electron chi connectivity index (χ1n) is 9.04. The van der Waals surface area contributed by atoms with Crippen LogP contribution in [-0.2, 0) is 5.41 Å². The van der Waals surface area contributed by atoms with Crippen molar-refractivity contribution in [2.45, 2.75) is 51.7 Å². The van der Waals surface area contributed by atoms with Gasteiger partial charge in [-0.2, -0.15) is 0 Å². The molecule has 0 spiro atoms. The van der Waals surface area contributed by atoms with E-state index in [1.807, 2.05) is 0 Å². The van der Waals surface area contributed by atoms with Crippen LogP contribution < -0.4 is 4.74 Å². The fourth-order valence-corrected chi connectivity index (χ4v) is 5.93. The number of fused-ring (bicyclic) bond motifs is 1. The number of hydrogen-bond donors (Lipinski definition) is 0. The maximum Gasteiger partial charge on any atom is 0.131 e. The minimum atomic E-state index is -0.460. The van der Waals surface area contributed by atoms with E-state index in [0.29, 0.717) is 5.54 Å². The number of benzene rings is 2. The van der Waals surface area contributed by atoms with Crippen LogP contribution in [0.1, 0.15) is 49.9 Å². The second kappa shape index (κ2) is 6.49. The maximum atomic E-state index is 5.99. The van der Waals surface area contributed by atoms with Gasteiger partial charge in [-0.25, -0.2) is 0 Å². The second-order valence-electron chi connectivity index (χ2n) is 8.35. The zero-order valence-corrected chi connectivity index (χ0v) is 17.5. The summed E-state index contributed by atoms with van der Waals surface area (Å²) < 4.78 is 5.99. The van der Waals surface area contributed by atoms with E-state index in [4.69, 9.17) is 4.74 Å². The Balaban J connectivity index is 2.40. The number of rotatable bonds is 3. The SMILES string of the molecule is COc1c(C(C)(C)C)cc2c(c1-c1ccccc1)C=C(C)C2[Si](C)C. The monoisotopic (exact) mass is 349 g/mol. The van der Waals surface area contributed by atoms with Crippen molar-refractivity contribution in [2.75, 3.05) is 7.11 Å². The van der Waals surface area contributed by atoms with Gasteiger partial charge in [-0.05, 0) is 34.6 Å². The first-order chi connectivity index (χ1) is 11.8. The summed E-state index contributed by atoms with van der Waals surface area (Å²) in [7, 11) is 1.35. The Morgan fingerprint density at radius 2 is 1.68 bits per heavy atom. The van der Waals surface area contributed by atoms with Crippen LogP contribution in [0.5, 0.6) is 5.75 Å². The fraction of sp³-hybridized carbons (Fsp3) is 0.391. The maximum absolute atomic E-state index is 5.99. The molecular weight excluding hydrogens is 320 g/mol. The molecule has 0 saturated heterocycles. The zero-order chi connectivity index (χ0) is 18.4. The molecule has 0 fully saturated rings. The first-order valence-corrected chi connectivity index (χ1v) is 11.6. The summed E-state index contributed by atoms with van der Waals surface area (Å²) in [5, 5.41) is 0. The Hall–Kier alpha value is -1.80. The van der Waals surface area contributed by atoms with Crippen LogP contribution in [0.15, 0.2) is 42.0 Å². The normalized spacial score (nSPS) is 16.8. The molecule has 1 nitrogen and oxygen atoms in total. The molecule has 131 valence electrons. The average molecular weight is 350 g/mol. The molecule has 25 heavy (non-hydrogen) atoms. The lowest BCUT2D eigenvalue weighted by atomic mass is 9.81. The summed E-state index contributed by atoms with van der Waals surface area (Å²) in [6, 6.07) is 13.1. The van der Waals surface area contributed by atoms with Gasteiger partial charge < -0.3 is 4.74 Å². The van der Waals surface area contributed by atoms with Crippen molar-refractivity contribution in [3.8, 4) is 16.9 Å². The molecule has 0 bridgehead atoms. The average Bonchev–Trinajstić information content (AvgIpc) is 2.88. The van der Waals surface area contributed by atoms with Gasteiger partial charge in [0.25, 0.3) is 0 Å². The van der Waals surface area contributed by atoms with Crippen LogP contribution in [0.2, 0.25) is 13.1 Å². The van der Waals surface area contributed by atoms with Crippen molar-refractivity contribution in [1.82, 2.24) is 0 Å². The minimum absolute atomic E-state index is 0.0410. The molecule has 2 heteroatoms. The van der Waals surface area contributed by atoms with Crippen LogP contribution in [0, 0.1) is 0 Å². The van der Waals surface area contributed by atoms with Crippen molar-refractivity contribution >= 4 is 14.9 Å². The molecule has 1 atom stereocenters. The number of methoxy groups -OCH3 is 1. The highest BCUT2D eigenvalue weighted by atomic mass is 28.3. The van der Waals surface area contributed by atoms with Crippen molar-refractivity contribution in [3.63, 3.8) is 0 Å². The third kappa shape index (κ3) is 3.08. The first kappa shape index (κ1) is 18.0. The molecule has 1 aliphatic carbocycles. The highest BCUT2D eigenvalue weighted by Gasteiger charge is 2.33. The van der Waals surface area contributed by atoms with Crippen molar-refractivity contribution in [3.05, 3.63) is 58.7 Å². The van der Waals surface area contributed by atoms with Crippen LogP contribution in [0.25, 0.3) is 17.2 Å². The minimum Gasteiger partial charge on any atom is -0.496 e. The predicted octanol–water partition coefficient (Wildman–Crippen LogP) is 6.45. The third-order valence-corrected chi connectivity index (χ3v) is 7.06. The summed E-state index contributed by atoms with van der Waals surface area (Å²) in [4.78, 5) is 0. The topological polar surface area (TPSA) is 9.23 Å². The largest absolute Gasteiger partial charge is 0.496 e. The van der Waals surface area contributed by atoms with E-state index in [1.165, 1.54) is 33.4 Å². The van der Waals surface area contributed by atoms with Gasteiger partial charge in [0.1, 0.15) is 5.75 Å². The van der Waals surface area contributed by atoms with E-state index in [-0.39, 0.29) is 5.41 Å². The van der Waals surface area contributed by atoms with Gasteiger partial charge in [0.2, 0.25) is 0 Å². The molecule has 0 heterocycles. The van der Waals surface area contributed by atoms with Crippen LogP contribution in [0.4, 0.5) is 0 Å². The lowest BCUT2D eigenvalue weighted by molar-refractivity contribution is 0.399. The van der Waals surface area contributed by atoms with Crippen molar-refractivity contribution < 1.29 is 4.74 Å². The number of ether oxygens (including phenoxy) is 1. The molecule has 0 N–H and O–H groups in total. The van der Waals surface area contributed by atoms with Crippen LogP contribution >= 0.6 is 0 Å². The van der Waals surface area contributed by atoms with Crippen LogP contribution in [-0.4, -0.2) is 15.9 Å². The Labute approximate surface area is 154 Å². The van der Waals surface area contributed by atoms with E-state index in [9.17, 15) is 0 Å². The van der Waals surface area contributed by atoms with Gasteiger partial charge >= 0.3 is 0 Å². The standard InChI is InChI=1S/C23H29OSi/c1-15-13-17-18(22(15)25(6)7)14-19(23(2,3)4)21(24-5)20(17)16-11-9-8-10-12-16/h8-14,22H,1-7H3. The number of allylic oxidation sites excluding steroid dienone is 1. The van der Waals surface area contributed by atoms with Gasteiger partial charge in [-0.3, -0.25) is 0 Å². The molecule has 2 aromatic carbocycles. The molecule has 1 unspecified atom stereocenters. The summed E-state index contributed by atoms with van der Waals surface area (Å²) in [5.74, 6) is 1.03. The van der Waals surface area contributed by atoms with Crippen molar-refractivity contribution in [1.29, 1.82) is 0 Å². The highest BCUT2D eigenvalue weighted by molar-refractivity contribution is 6.58. The van der Waals surface area contributed by atoms with E-state index < -0.39 is 8.80 Å². The Morgan fingerprint density at radius 1 is 1.04 bits per heavy atom. The fourth-order valence-electron chi connectivity index (χ4n) is 4.08. The van der Waals surface area contributed by atoms with Crippen LogP contribution in [0.3, 0.4) is 0 Å². The molecule has 0 saturated carbocycles. The van der Waals surface area contributed by atoms with E-state index in [2.05, 4.69) is 83.3 Å². The van der Waals surface area contributed by atoms with Gasteiger partial charge in [0.05, 0.1) is 15.9 Å². The molecule has 1 radical (unpaired) electrons. The molecule has 3 rings (SSSR count). The Morgan fingerprint density at radius 3 is 2.20 bits per heavy atom.